The maximum atomic E-state index is 12.1. The second kappa shape index (κ2) is 30.2. The number of carbonyl (C=O) groups excluding carboxylic acids is 3. The van der Waals surface area contributed by atoms with Gasteiger partial charge in [0.25, 0.3) is 0 Å². The molecule has 326 valence electrons. The van der Waals surface area contributed by atoms with Crippen molar-refractivity contribution in [3.63, 3.8) is 0 Å². The Bertz CT molecular complexity index is 1920. The van der Waals surface area contributed by atoms with Crippen LogP contribution in [0.3, 0.4) is 0 Å². The summed E-state index contributed by atoms with van der Waals surface area (Å²) in [6.07, 6.45) is 5.01. The van der Waals surface area contributed by atoms with Crippen LogP contribution in [-0.4, -0.2) is 42.8 Å². The molecule has 0 radical (unpaired) electrons. The summed E-state index contributed by atoms with van der Waals surface area (Å²) in [6, 6.07) is 38.1. The van der Waals surface area contributed by atoms with Gasteiger partial charge in [-0.2, -0.15) is 0 Å². The van der Waals surface area contributed by atoms with Crippen molar-refractivity contribution in [2.45, 2.75) is 71.5 Å². The third-order valence-electron chi connectivity index (χ3n) is 8.47. The molecule has 5 aromatic rings. The summed E-state index contributed by atoms with van der Waals surface area (Å²) in [6.45, 7) is 14.6. The molecule has 0 aromatic heterocycles. The maximum Gasteiger partial charge on any atom is 0.221 e. The van der Waals surface area contributed by atoms with E-state index in [1.807, 2.05) is 122 Å². The number of allylic oxidation sites excluding steroid dienone is 1. The smallest absolute Gasteiger partial charge is 0.221 e. The summed E-state index contributed by atoms with van der Waals surface area (Å²) in [7, 11) is 1.67. The van der Waals surface area contributed by atoms with Crippen LogP contribution >= 0.6 is 35.1 Å². The molecule has 2 aliphatic rings. The molecule has 11 heteroatoms. The summed E-state index contributed by atoms with van der Waals surface area (Å²) >= 11 is 9.59. The van der Waals surface area contributed by atoms with Crippen molar-refractivity contribution in [3.8, 4) is 5.75 Å². The van der Waals surface area contributed by atoms with Crippen LogP contribution in [-0.2, 0) is 19.1 Å². The Morgan fingerprint density at radius 3 is 1.48 bits per heavy atom. The number of anilines is 2. The fraction of sp³-hybridized carbons (Fsp3) is 0.300. The second-order valence-corrected chi connectivity index (χ2v) is 17.1. The molecule has 61 heavy (non-hydrogen) atoms. The first kappa shape index (κ1) is 52.3. The van der Waals surface area contributed by atoms with Gasteiger partial charge in [-0.3, -0.25) is 14.4 Å². The van der Waals surface area contributed by atoms with Crippen LogP contribution < -0.4 is 15.4 Å². The number of carbonyl (C=O) groups is 3. The van der Waals surface area contributed by atoms with E-state index in [9.17, 15) is 18.8 Å². The van der Waals surface area contributed by atoms with E-state index in [1.165, 1.54) is 85.6 Å². The van der Waals surface area contributed by atoms with E-state index in [0.29, 0.717) is 4.58 Å². The van der Waals surface area contributed by atoms with Gasteiger partial charge in [0.1, 0.15) is 11.6 Å². The van der Waals surface area contributed by atoms with Crippen LogP contribution in [0.1, 0.15) is 78.5 Å². The highest BCUT2D eigenvalue weighted by molar-refractivity contribution is 8.19. The minimum absolute atomic E-state index is 0.0185. The van der Waals surface area contributed by atoms with Crippen molar-refractivity contribution in [1.29, 1.82) is 0 Å². The number of nitrogens with one attached hydrogen (secondary N) is 2. The second-order valence-electron chi connectivity index (χ2n) is 14.0. The van der Waals surface area contributed by atoms with Crippen molar-refractivity contribution in [1.82, 2.24) is 0 Å². The number of rotatable bonds is 6. The number of thioether (sulfide) groups is 2. The van der Waals surface area contributed by atoms with Gasteiger partial charge in [0.05, 0.1) is 17.8 Å². The van der Waals surface area contributed by atoms with Gasteiger partial charge in [0.2, 0.25) is 11.8 Å². The molecule has 0 saturated carbocycles. The largest absolute Gasteiger partial charge is 0.497 e. The van der Waals surface area contributed by atoms with Gasteiger partial charge in [-0.1, -0.05) is 95.5 Å². The molecule has 5 aromatic carbocycles. The molecule has 7 rings (SSSR count). The van der Waals surface area contributed by atoms with Crippen LogP contribution in [0.5, 0.6) is 5.75 Å². The van der Waals surface area contributed by atoms with E-state index < -0.39 is 0 Å². The molecule has 1 unspecified atom stereocenters. The first-order valence-electron chi connectivity index (χ1n) is 20.0. The molecule has 2 N–H and O–H groups in total. The Balaban J connectivity index is 0.000000263. The van der Waals surface area contributed by atoms with Crippen LogP contribution in [0.4, 0.5) is 15.8 Å². The first-order valence-corrected chi connectivity index (χ1v) is 22.4. The number of amides is 2. The highest BCUT2D eigenvalue weighted by Gasteiger charge is 2.18. The van der Waals surface area contributed by atoms with Crippen molar-refractivity contribution >= 4 is 64.1 Å². The monoisotopic (exact) mass is 886 g/mol. The van der Waals surface area contributed by atoms with E-state index in [-0.39, 0.29) is 29.5 Å². The number of methoxy groups -OCH3 is 1. The number of ketones is 1. The Labute approximate surface area is 376 Å². The Kier molecular flexibility index (Phi) is 25.9. The maximum absolute atomic E-state index is 12.1. The number of hydrogen-bond acceptors (Lipinski definition) is 7. The number of halogens is 2. The average Bonchev–Trinajstić information content (AvgIpc) is 3.80. The summed E-state index contributed by atoms with van der Waals surface area (Å²) < 4.78 is 23.3. The van der Waals surface area contributed by atoms with Crippen molar-refractivity contribution in [3.05, 3.63) is 173 Å². The molecule has 2 amide bonds. The number of benzene rings is 5. The van der Waals surface area contributed by atoms with Gasteiger partial charge in [-0.25, -0.2) is 4.39 Å². The molecule has 2 aliphatic heterocycles. The predicted octanol–water partition coefficient (Wildman–Crippen LogP) is 13.6. The zero-order chi connectivity index (χ0) is 45.0. The fourth-order valence-electron chi connectivity index (χ4n) is 5.21. The molecule has 0 aliphatic carbocycles. The van der Waals surface area contributed by atoms with Gasteiger partial charge in [-0.05, 0) is 125 Å². The van der Waals surface area contributed by atoms with Crippen molar-refractivity contribution < 1.29 is 28.2 Å². The minimum Gasteiger partial charge on any atom is -0.497 e. The summed E-state index contributed by atoms with van der Waals surface area (Å²) in [5.74, 6) is 3.18. The molecule has 0 spiro atoms. The highest BCUT2D eigenvalue weighted by atomic mass is 35.5. The topological polar surface area (TPSA) is 93.7 Å². The third-order valence-corrected chi connectivity index (χ3v) is 11.8. The quantitative estimate of drug-likeness (QED) is 0.164. The average molecular weight is 888 g/mol. The lowest BCUT2D eigenvalue weighted by molar-refractivity contribution is -0.115. The molecule has 0 bridgehead atoms. The predicted molar refractivity (Wildman–Crippen MR) is 258 cm³/mol. The molecular formula is C50H60ClFN2O5S2. The minimum atomic E-state index is -0.171. The van der Waals surface area contributed by atoms with Gasteiger partial charge in [-0.15, -0.1) is 23.5 Å². The van der Waals surface area contributed by atoms with Crippen LogP contribution in [0, 0.1) is 26.6 Å². The zero-order valence-electron chi connectivity index (χ0n) is 36.3. The van der Waals surface area contributed by atoms with Crippen LogP contribution in [0.15, 0.2) is 134 Å². The lowest BCUT2D eigenvalue weighted by atomic mass is 10.0. The van der Waals surface area contributed by atoms with Crippen molar-refractivity contribution in [2.75, 3.05) is 35.9 Å². The Hall–Kier alpha value is -4.87. The van der Waals surface area contributed by atoms with Gasteiger partial charge in [0.15, 0.2) is 5.78 Å². The van der Waals surface area contributed by atoms with E-state index in [1.54, 1.807) is 19.2 Å². The lowest BCUT2D eigenvalue weighted by Crippen LogP contribution is -2.11. The molecule has 2 saturated heterocycles. The normalized spacial score (nSPS) is 13.8. The first-order chi connectivity index (χ1) is 29.2. The van der Waals surface area contributed by atoms with Gasteiger partial charge in [0, 0.05) is 48.4 Å². The summed E-state index contributed by atoms with van der Waals surface area (Å²) in [4.78, 5) is 31.4. The lowest BCUT2D eigenvalue weighted by Gasteiger charge is -2.23. The summed E-state index contributed by atoms with van der Waals surface area (Å²) in [5.41, 5.74) is 7.85. The van der Waals surface area contributed by atoms with E-state index in [4.69, 9.17) is 21.1 Å². The molecule has 2 heterocycles. The molecule has 7 nitrogen and oxygen atoms in total. The number of hydrogen-bond donors (Lipinski definition) is 2. The van der Waals surface area contributed by atoms with Gasteiger partial charge < -0.3 is 20.1 Å². The third kappa shape index (κ3) is 24.2. The summed E-state index contributed by atoms with van der Waals surface area (Å²) in [5, 5.41) is 6.33. The molecule has 1 atom stereocenters. The van der Waals surface area contributed by atoms with Gasteiger partial charge >= 0.3 is 0 Å². The fourth-order valence-corrected chi connectivity index (χ4v) is 8.19. The molecule has 2 fully saturated rings. The Morgan fingerprint density at radius 2 is 1.11 bits per heavy atom. The Morgan fingerprint density at radius 1 is 0.689 bits per heavy atom. The van der Waals surface area contributed by atoms with E-state index in [2.05, 4.69) is 36.3 Å². The number of aryl methyl sites for hydroxylation is 3. The standard InChI is InChI=1S/C13H17NO2.C11H13NOS2.C8H10O.C7H7Cl.C7H7F.C4H6O/c1-10(15)14-12-7-5-11(6-8-12)13-4-2-3-9-16-13;1-8(13)12-10-4-2-9(3-5-10)11-14-6-7-15-11;1-7-3-5-8(9-2)6-4-7;2*1-6-2-4-7(8)5-3-6;1-3-4(2)5/h5-8,13H,2-4,9H2,1H3,(H,14,15);2-5,11H,6-7H2,1H3,(H,12,13);3-6H,1-2H3;2*2-5H,1H3;3H,1H2,2H3. The molecular weight excluding hydrogens is 827 g/mol. The van der Waals surface area contributed by atoms with E-state index >= 15 is 0 Å². The number of ether oxygens (including phenoxy) is 2. The van der Waals surface area contributed by atoms with Crippen molar-refractivity contribution in [2.24, 2.45) is 0 Å². The van der Waals surface area contributed by atoms with Crippen LogP contribution in [0.25, 0.3) is 0 Å². The SMILES string of the molecule is C=CC(C)=O.CC(=O)Nc1ccc(C2CCCCO2)cc1.CC(=O)Nc1ccc(C2SCCS2)cc1.COc1ccc(C)cc1.Cc1ccc(Cl)cc1.Cc1ccc(F)cc1. The zero-order valence-corrected chi connectivity index (χ0v) is 38.7. The highest BCUT2D eigenvalue weighted by Crippen LogP contribution is 2.45. The van der Waals surface area contributed by atoms with E-state index in [0.717, 1.165) is 40.7 Å². The van der Waals surface area contributed by atoms with Crippen LogP contribution in [0.2, 0.25) is 5.02 Å².